The molecule has 2 aromatic rings. The van der Waals surface area contributed by atoms with E-state index in [1.165, 1.54) is 0 Å². The van der Waals surface area contributed by atoms with Gasteiger partial charge in [-0.2, -0.15) is 0 Å². The molecule has 0 aromatic carbocycles. The first-order valence-electron chi connectivity index (χ1n) is 5.52. The Morgan fingerprint density at radius 3 is 2.74 bits per heavy atom. The van der Waals surface area contributed by atoms with Crippen LogP contribution in [0.4, 0.5) is 0 Å². The van der Waals surface area contributed by atoms with E-state index in [0.717, 1.165) is 12.3 Å². The van der Waals surface area contributed by atoms with E-state index in [4.69, 9.17) is 13.9 Å². The minimum Gasteiger partial charge on any atom is -0.478 e. The summed E-state index contributed by atoms with van der Waals surface area (Å²) >= 11 is 0. The van der Waals surface area contributed by atoms with Crippen molar-refractivity contribution in [1.29, 1.82) is 0 Å². The third kappa shape index (κ3) is 2.82. The van der Waals surface area contributed by atoms with Crippen molar-refractivity contribution in [3.05, 3.63) is 41.5 Å². The van der Waals surface area contributed by atoms with Gasteiger partial charge in [0, 0.05) is 6.07 Å². The molecule has 0 aliphatic heterocycles. The number of oxazole rings is 1. The quantitative estimate of drug-likeness (QED) is 0.871. The van der Waals surface area contributed by atoms with Gasteiger partial charge >= 0.3 is 5.97 Å². The molecule has 1 unspecified atom stereocenters. The van der Waals surface area contributed by atoms with Gasteiger partial charge in [0.2, 0.25) is 5.89 Å². The van der Waals surface area contributed by atoms with Crippen LogP contribution in [-0.2, 0) is 0 Å². The fourth-order valence-corrected chi connectivity index (χ4v) is 1.47. The monoisotopic (exact) mass is 264 g/mol. The topological polar surface area (TPSA) is 106 Å². The highest BCUT2D eigenvalue weighted by molar-refractivity contribution is 5.95. The van der Waals surface area contributed by atoms with E-state index >= 15 is 0 Å². The summed E-state index contributed by atoms with van der Waals surface area (Å²) in [6.07, 6.45) is 2.56. The van der Waals surface area contributed by atoms with Crippen molar-refractivity contribution in [3.8, 4) is 0 Å². The Labute approximate surface area is 108 Å². The number of hydrogen-bond donors (Lipinski definition) is 2. The number of hydrogen-bond acceptors (Lipinski definition) is 5. The Bertz CT molecular complexity index is 613. The zero-order valence-electron chi connectivity index (χ0n) is 10.3. The van der Waals surface area contributed by atoms with Crippen LogP contribution < -0.4 is 5.32 Å². The number of aromatic nitrogens is 1. The Morgan fingerprint density at radius 1 is 1.47 bits per heavy atom. The number of amides is 1. The van der Waals surface area contributed by atoms with Crippen LogP contribution in [0.3, 0.4) is 0 Å². The van der Waals surface area contributed by atoms with Crippen molar-refractivity contribution in [1.82, 2.24) is 10.3 Å². The van der Waals surface area contributed by atoms with Gasteiger partial charge < -0.3 is 19.3 Å². The maximum Gasteiger partial charge on any atom is 0.338 e. The molecule has 7 heteroatoms. The molecule has 0 bridgehead atoms. The number of carboxylic acid groups (broad SMARTS) is 1. The third-order valence-corrected chi connectivity index (χ3v) is 2.43. The molecule has 7 nitrogen and oxygen atoms in total. The predicted octanol–water partition coefficient (Wildman–Crippen LogP) is 1.77. The Hall–Kier alpha value is -2.57. The van der Waals surface area contributed by atoms with Crippen molar-refractivity contribution in [2.24, 2.45) is 0 Å². The van der Waals surface area contributed by atoms with Crippen molar-refractivity contribution in [3.63, 3.8) is 0 Å². The molecule has 0 saturated heterocycles. The lowest BCUT2D eigenvalue weighted by atomic mass is 10.3. The summed E-state index contributed by atoms with van der Waals surface area (Å²) in [7, 11) is 0. The van der Waals surface area contributed by atoms with E-state index in [9.17, 15) is 9.59 Å². The van der Waals surface area contributed by atoms with Gasteiger partial charge in [0.1, 0.15) is 18.1 Å². The number of carbonyl (C=O) groups is 2. The normalized spacial score (nSPS) is 12.1. The van der Waals surface area contributed by atoms with Gasteiger partial charge in [-0.3, -0.25) is 4.79 Å². The first-order chi connectivity index (χ1) is 8.97. The molecular weight excluding hydrogens is 252 g/mol. The van der Waals surface area contributed by atoms with Crippen LogP contribution >= 0.6 is 0 Å². The molecule has 2 heterocycles. The Kier molecular flexibility index (Phi) is 3.37. The molecule has 0 spiro atoms. The third-order valence-electron chi connectivity index (χ3n) is 2.43. The lowest BCUT2D eigenvalue weighted by Crippen LogP contribution is -2.26. The van der Waals surface area contributed by atoms with E-state index in [0.29, 0.717) is 11.7 Å². The minimum atomic E-state index is -1.15. The molecule has 19 heavy (non-hydrogen) atoms. The molecule has 1 atom stereocenters. The second kappa shape index (κ2) is 4.97. The average Bonchev–Trinajstić information content (AvgIpc) is 2.96. The largest absolute Gasteiger partial charge is 0.478 e. The molecular formula is C12H12N2O5. The van der Waals surface area contributed by atoms with E-state index in [2.05, 4.69) is 10.3 Å². The molecule has 0 radical (unpaired) electrons. The lowest BCUT2D eigenvalue weighted by Gasteiger charge is -2.08. The van der Waals surface area contributed by atoms with Gasteiger partial charge in [0.15, 0.2) is 5.76 Å². The second-order valence-electron chi connectivity index (χ2n) is 4.01. The van der Waals surface area contributed by atoms with Gasteiger partial charge in [-0.05, 0) is 13.8 Å². The van der Waals surface area contributed by atoms with Crippen molar-refractivity contribution < 1.29 is 23.5 Å². The lowest BCUT2D eigenvalue weighted by molar-refractivity contribution is 0.0695. The van der Waals surface area contributed by atoms with E-state index in [1.54, 1.807) is 20.0 Å². The number of rotatable bonds is 4. The SMILES string of the molecule is Cc1cnc(C(C)NC(=O)c2cc(C(=O)O)co2)o1. The van der Waals surface area contributed by atoms with Gasteiger partial charge in [0.25, 0.3) is 5.91 Å². The van der Waals surface area contributed by atoms with E-state index in [-0.39, 0.29) is 11.3 Å². The zero-order chi connectivity index (χ0) is 14.0. The van der Waals surface area contributed by atoms with Crippen LogP contribution in [0.15, 0.2) is 27.4 Å². The second-order valence-corrected chi connectivity index (χ2v) is 4.01. The van der Waals surface area contributed by atoms with E-state index in [1.807, 2.05) is 0 Å². The number of aryl methyl sites for hydroxylation is 1. The van der Waals surface area contributed by atoms with Crippen LogP contribution in [-0.4, -0.2) is 22.0 Å². The molecule has 2 aromatic heterocycles. The standard InChI is InChI=1S/C12H12N2O5/c1-6-4-13-11(19-6)7(2)14-10(15)9-3-8(5-18-9)12(16)17/h3-5,7H,1-2H3,(H,14,15)(H,16,17). The zero-order valence-corrected chi connectivity index (χ0v) is 10.3. The average molecular weight is 264 g/mol. The molecule has 100 valence electrons. The van der Waals surface area contributed by atoms with Gasteiger partial charge in [-0.15, -0.1) is 0 Å². The van der Waals surface area contributed by atoms with Crippen LogP contribution in [0.2, 0.25) is 0 Å². The van der Waals surface area contributed by atoms with Crippen molar-refractivity contribution >= 4 is 11.9 Å². The number of carbonyl (C=O) groups excluding carboxylic acids is 1. The summed E-state index contributed by atoms with van der Waals surface area (Å²) in [6.45, 7) is 3.45. The first-order valence-corrected chi connectivity index (χ1v) is 5.52. The fraction of sp³-hybridized carbons (Fsp3) is 0.250. The Balaban J connectivity index is 2.06. The van der Waals surface area contributed by atoms with Crippen LogP contribution in [0.5, 0.6) is 0 Å². The molecule has 0 aliphatic carbocycles. The van der Waals surface area contributed by atoms with Crippen LogP contribution in [0.25, 0.3) is 0 Å². The summed E-state index contributed by atoms with van der Waals surface area (Å²) in [5.74, 6) is -0.749. The maximum atomic E-state index is 11.8. The number of carboxylic acids is 1. The maximum absolute atomic E-state index is 11.8. The number of nitrogens with zero attached hydrogens (tertiary/aromatic N) is 1. The molecule has 0 saturated carbocycles. The van der Waals surface area contributed by atoms with Gasteiger partial charge in [0.05, 0.1) is 11.8 Å². The summed E-state index contributed by atoms with van der Waals surface area (Å²) in [6, 6.07) is 0.713. The van der Waals surface area contributed by atoms with Gasteiger partial charge in [-0.1, -0.05) is 0 Å². The summed E-state index contributed by atoms with van der Waals surface area (Å²) in [5.41, 5.74) is -0.0789. The van der Waals surface area contributed by atoms with Crippen molar-refractivity contribution in [2.45, 2.75) is 19.9 Å². The Morgan fingerprint density at radius 2 is 2.21 bits per heavy atom. The summed E-state index contributed by atoms with van der Waals surface area (Å²) in [5, 5.41) is 11.3. The highest BCUT2D eigenvalue weighted by Crippen LogP contribution is 2.14. The molecule has 0 aliphatic rings. The van der Waals surface area contributed by atoms with Crippen LogP contribution in [0, 0.1) is 6.92 Å². The summed E-state index contributed by atoms with van der Waals surface area (Å²) in [4.78, 5) is 26.5. The van der Waals surface area contributed by atoms with E-state index < -0.39 is 17.9 Å². The summed E-state index contributed by atoms with van der Waals surface area (Å²) < 4.78 is 10.2. The predicted molar refractivity (Wildman–Crippen MR) is 62.8 cm³/mol. The smallest absolute Gasteiger partial charge is 0.338 e. The fourth-order valence-electron chi connectivity index (χ4n) is 1.47. The highest BCUT2D eigenvalue weighted by atomic mass is 16.4. The van der Waals surface area contributed by atoms with Gasteiger partial charge in [-0.25, -0.2) is 9.78 Å². The van der Waals surface area contributed by atoms with Crippen LogP contribution in [0.1, 0.15) is 45.5 Å². The number of nitrogens with one attached hydrogen (secondary N) is 1. The number of aromatic carboxylic acids is 1. The molecule has 2 N–H and O–H groups in total. The van der Waals surface area contributed by atoms with Crippen molar-refractivity contribution in [2.75, 3.05) is 0 Å². The molecule has 2 rings (SSSR count). The number of furan rings is 1. The molecule has 0 fully saturated rings. The highest BCUT2D eigenvalue weighted by Gasteiger charge is 2.19. The molecule has 1 amide bonds. The first kappa shape index (κ1) is 12.9. The minimum absolute atomic E-state index is 0.0764.